The summed E-state index contributed by atoms with van der Waals surface area (Å²) in [6.45, 7) is 3.74. The Balaban J connectivity index is 1.46. The van der Waals surface area contributed by atoms with Crippen LogP contribution in [0.3, 0.4) is 0 Å². The molecule has 1 atom stereocenters. The van der Waals surface area contributed by atoms with Gasteiger partial charge in [-0.1, -0.05) is 0 Å². The van der Waals surface area contributed by atoms with E-state index >= 15 is 0 Å². The summed E-state index contributed by atoms with van der Waals surface area (Å²) < 4.78 is 22.8. The van der Waals surface area contributed by atoms with Gasteiger partial charge in [0, 0.05) is 32.7 Å². The number of rotatable bonds is 4. The number of benzene rings is 1. The molecule has 154 valence electrons. The molecule has 3 heterocycles. The first-order chi connectivity index (χ1) is 13.6. The fourth-order valence-electron chi connectivity index (χ4n) is 4.86. The normalized spacial score (nSPS) is 23.9. The number of likely N-dealkylation sites (tertiary alicyclic amines) is 1. The second kappa shape index (κ2) is 8.29. The first-order valence-electron chi connectivity index (χ1n) is 10.4. The van der Waals surface area contributed by atoms with Gasteiger partial charge < -0.3 is 23.8 Å². The zero-order chi connectivity index (χ0) is 19.6. The summed E-state index contributed by atoms with van der Waals surface area (Å²) in [5, 5.41) is 0. The van der Waals surface area contributed by atoms with Crippen LogP contribution in [0.5, 0.6) is 11.5 Å². The lowest BCUT2D eigenvalue weighted by molar-refractivity contribution is -0.142. The molecule has 0 saturated carbocycles. The fourth-order valence-corrected chi connectivity index (χ4v) is 4.86. The Morgan fingerprint density at radius 2 is 1.93 bits per heavy atom. The molecule has 1 spiro atoms. The van der Waals surface area contributed by atoms with E-state index in [0.29, 0.717) is 18.9 Å². The number of ether oxygens (including phenoxy) is 4. The summed E-state index contributed by atoms with van der Waals surface area (Å²) >= 11 is 0. The summed E-state index contributed by atoms with van der Waals surface area (Å²) in [6.07, 6.45) is 5.29. The Bertz CT molecular complexity index is 705. The van der Waals surface area contributed by atoms with E-state index in [1.807, 2.05) is 4.90 Å². The topological polar surface area (TPSA) is 57.2 Å². The van der Waals surface area contributed by atoms with Crippen molar-refractivity contribution >= 4 is 5.91 Å². The van der Waals surface area contributed by atoms with Crippen molar-refractivity contribution < 1.29 is 23.7 Å². The molecule has 0 N–H and O–H groups in total. The third kappa shape index (κ3) is 3.72. The third-order valence-corrected chi connectivity index (χ3v) is 6.49. The smallest absolute Gasteiger partial charge is 0.222 e. The summed E-state index contributed by atoms with van der Waals surface area (Å²) in [6, 6.07) is 4.16. The molecule has 1 aromatic carbocycles. The van der Waals surface area contributed by atoms with Crippen LogP contribution in [-0.2, 0) is 26.3 Å². The number of carbonyl (C=O) groups excluding carboxylic acids is 1. The number of hydrogen-bond acceptors (Lipinski definition) is 5. The van der Waals surface area contributed by atoms with Crippen LogP contribution in [0, 0.1) is 5.92 Å². The molecular formula is C22H31NO5. The van der Waals surface area contributed by atoms with E-state index < -0.39 is 0 Å². The number of fused-ring (bicyclic) bond motifs is 2. The van der Waals surface area contributed by atoms with E-state index in [4.69, 9.17) is 18.9 Å². The SMILES string of the molecule is COc1cc2c(cc1OC)C1(CCN(C(=O)CC3CCCOC3)CC1)OCC2. The van der Waals surface area contributed by atoms with Gasteiger partial charge in [-0.3, -0.25) is 4.79 Å². The number of methoxy groups -OCH3 is 2. The third-order valence-electron chi connectivity index (χ3n) is 6.49. The number of amides is 1. The van der Waals surface area contributed by atoms with Gasteiger partial charge in [0.25, 0.3) is 0 Å². The summed E-state index contributed by atoms with van der Waals surface area (Å²) in [5.41, 5.74) is 2.14. The number of hydrogen-bond donors (Lipinski definition) is 0. The van der Waals surface area contributed by atoms with Gasteiger partial charge in [0.1, 0.15) is 0 Å². The first kappa shape index (κ1) is 19.5. The number of nitrogens with zero attached hydrogens (tertiary/aromatic N) is 1. The predicted molar refractivity (Wildman–Crippen MR) is 105 cm³/mol. The molecule has 3 aliphatic rings. The summed E-state index contributed by atoms with van der Waals surface area (Å²) in [5.74, 6) is 2.14. The first-order valence-corrected chi connectivity index (χ1v) is 10.4. The van der Waals surface area contributed by atoms with Crippen LogP contribution < -0.4 is 9.47 Å². The molecule has 3 aliphatic heterocycles. The molecule has 6 heteroatoms. The van der Waals surface area contributed by atoms with Crippen LogP contribution in [0.15, 0.2) is 12.1 Å². The van der Waals surface area contributed by atoms with E-state index in [2.05, 4.69) is 12.1 Å². The molecule has 0 aromatic heterocycles. The highest BCUT2D eigenvalue weighted by Gasteiger charge is 2.42. The molecule has 0 bridgehead atoms. The van der Waals surface area contributed by atoms with Gasteiger partial charge in [0.05, 0.1) is 26.4 Å². The lowest BCUT2D eigenvalue weighted by atomic mass is 9.79. The van der Waals surface area contributed by atoms with Crippen molar-refractivity contribution in [2.24, 2.45) is 5.92 Å². The Kier molecular flexibility index (Phi) is 5.78. The standard InChI is InChI=1S/C22H31NO5/c1-25-19-13-17-5-11-28-22(18(17)14-20(19)26-2)6-8-23(9-7-22)21(24)12-16-4-3-10-27-15-16/h13-14,16H,3-12,15H2,1-2H3. The molecule has 0 radical (unpaired) electrons. The van der Waals surface area contributed by atoms with E-state index in [1.165, 1.54) is 11.1 Å². The van der Waals surface area contributed by atoms with E-state index in [9.17, 15) is 4.79 Å². The molecule has 2 saturated heterocycles. The maximum absolute atomic E-state index is 12.8. The van der Waals surface area contributed by atoms with Crippen molar-refractivity contribution in [2.45, 2.75) is 44.1 Å². The van der Waals surface area contributed by atoms with Gasteiger partial charge in [-0.2, -0.15) is 0 Å². The molecule has 2 fully saturated rings. The second-order valence-electron chi connectivity index (χ2n) is 8.13. The van der Waals surface area contributed by atoms with Gasteiger partial charge in [-0.05, 0) is 61.3 Å². The molecule has 28 heavy (non-hydrogen) atoms. The molecule has 1 unspecified atom stereocenters. The van der Waals surface area contributed by atoms with Gasteiger partial charge >= 0.3 is 0 Å². The van der Waals surface area contributed by atoms with Gasteiger partial charge in [-0.15, -0.1) is 0 Å². The van der Waals surface area contributed by atoms with Crippen LogP contribution in [0.4, 0.5) is 0 Å². The summed E-state index contributed by atoms with van der Waals surface area (Å²) in [4.78, 5) is 14.8. The molecule has 1 aromatic rings. The molecule has 1 amide bonds. The zero-order valence-electron chi connectivity index (χ0n) is 17.0. The van der Waals surface area contributed by atoms with Crippen LogP contribution in [-0.4, -0.2) is 57.9 Å². The average molecular weight is 389 g/mol. The maximum Gasteiger partial charge on any atom is 0.222 e. The highest BCUT2D eigenvalue weighted by atomic mass is 16.5. The van der Waals surface area contributed by atoms with E-state index in [-0.39, 0.29) is 11.5 Å². The number of piperidine rings is 1. The highest BCUT2D eigenvalue weighted by Crippen LogP contribution is 2.45. The quantitative estimate of drug-likeness (QED) is 0.793. The van der Waals surface area contributed by atoms with Crippen LogP contribution >= 0.6 is 0 Å². The van der Waals surface area contributed by atoms with Crippen LogP contribution in [0.25, 0.3) is 0 Å². The minimum absolute atomic E-state index is 0.258. The lowest BCUT2D eigenvalue weighted by Gasteiger charge is -2.45. The van der Waals surface area contributed by atoms with Crippen molar-refractivity contribution in [1.82, 2.24) is 4.90 Å². The lowest BCUT2D eigenvalue weighted by Crippen LogP contribution is -2.48. The van der Waals surface area contributed by atoms with Crippen molar-refractivity contribution in [2.75, 3.05) is 47.1 Å². The minimum Gasteiger partial charge on any atom is -0.493 e. The zero-order valence-corrected chi connectivity index (χ0v) is 17.0. The fraction of sp³-hybridized carbons (Fsp3) is 0.682. The Labute approximate surface area is 167 Å². The monoisotopic (exact) mass is 389 g/mol. The summed E-state index contributed by atoms with van der Waals surface area (Å²) in [7, 11) is 3.33. The van der Waals surface area contributed by atoms with Gasteiger partial charge in [-0.25, -0.2) is 0 Å². The minimum atomic E-state index is -0.322. The van der Waals surface area contributed by atoms with Gasteiger partial charge in [0.15, 0.2) is 11.5 Å². The number of carbonyl (C=O) groups is 1. The molecule has 6 nitrogen and oxygen atoms in total. The highest BCUT2D eigenvalue weighted by molar-refractivity contribution is 5.76. The second-order valence-corrected chi connectivity index (χ2v) is 8.13. The molecule has 0 aliphatic carbocycles. The Morgan fingerprint density at radius 3 is 2.61 bits per heavy atom. The van der Waals surface area contributed by atoms with E-state index in [1.54, 1.807) is 14.2 Å². The largest absolute Gasteiger partial charge is 0.493 e. The molecule has 4 rings (SSSR count). The average Bonchev–Trinajstić information content (AvgIpc) is 2.74. The van der Waals surface area contributed by atoms with Gasteiger partial charge in [0.2, 0.25) is 5.91 Å². The predicted octanol–water partition coefficient (Wildman–Crippen LogP) is 2.91. The van der Waals surface area contributed by atoms with E-state index in [0.717, 1.165) is 69.9 Å². The Morgan fingerprint density at radius 1 is 1.18 bits per heavy atom. The Hall–Kier alpha value is -1.79. The van der Waals surface area contributed by atoms with Crippen molar-refractivity contribution in [3.63, 3.8) is 0 Å². The van der Waals surface area contributed by atoms with Crippen LogP contribution in [0.1, 0.15) is 43.2 Å². The molecular weight excluding hydrogens is 358 g/mol. The van der Waals surface area contributed by atoms with Crippen molar-refractivity contribution in [3.8, 4) is 11.5 Å². The van der Waals surface area contributed by atoms with Crippen molar-refractivity contribution in [3.05, 3.63) is 23.3 Å². The maximum atomic E-state index is 12.8. The van der Waals surface area contributed by atoms with Crippen molar-refractivity contribution in [1.29, 1.82) is 0 Å². The van der Waals surface area contributed by atoms with Crippen LogP contribution in [0.2, 0.25) is 0 Å².